The summed E-state index contributed by atoms with van der Waals surface area (Å²) in [4.78, 5) is 0. The molecular weight excluding hydrogens is 320 g/mol. The molecule has 1 atom stereocenters. The first-order valence-electron chi connectivity index (χ1n) is 6.13. The van der Waals surface area contributed by atoms with E-state index in [-0.39, 0.29) is 5.38 Å². The van der Waals surface area contributed by atoms with Crippen LogP contribution in [-0.4, -0.2) is 0 Å². The van der Waals surface area contributed by atoms with Gasteiger partial charge in [0.1, 0.15) is 0 Å². The molecule has 0 heterocycles. The Morgan fingerprint density at radius 2 is 1.58 bits per heavy atom. The minimum Gasteiger partial charge on any atom is -0.113 e. The van der Waals surface area contributed by atoms with Crippen LogP contribution in [0.15, 0.2) is 71.2 Å². The molecule has 0 N–H and O–H groups in total. The van der Waals surface area contributed by atoms with Gasteiger partial charge in [0.25, 0.3) is 0 Å². The summed E-state index contributed by atoms with van der Waals surface area (Å²) >= 11 is 10.2. The van der Waals surface area contributed by atoms with Crippen LogP contribution in [0.1, 0.15) is 16.5 Å². The molecule has 0 fully saturated rings. The van der Waals surface area contributed by atoms with E-state index in [0.29, 0.717) is 0 Å². The molecule has 2 heteroatoms. The lowest BCUT2D eigenvalue weighted by Crippen LogP contribution is -1.94. The van der Waals surface area contributed by atoms with Crippen LogP contribution in [0, 0.1) is 0 Å². The number of halogens is 2. The van der Waals surface area contributed by atoms with Gasteiger partial charge >= 0.3 is 0 Å². The second-order valence-electron chi connectivity index (χ2n) is 4.49. The van der Waals surface area contributed by atoms with Crippen LogP contribution in [0.5, 0.6) is 0 Å². The van der Waals surface area contributed by atoms with Gasteiger partial charge in [-0.15, -0.1) is 11.6 Å². The van der Waals surface area contributed by atoms with Crippen molar-refractivity contribution < 1.29 is 0 Å². The van der Waals surface area contributed by atoms with Crippen molar-refractivity contribution in [2.45, 2.75) is 5.38 Å². The van der Waals surface area contributed by atoms with Crippen molar-refractivity contribution in [1.29, 1.82) is 0 Å². The Kier molecular flexibility index (Phi) is 3.58. The Balaban J connectivity index is 2.14. The minimum atomic E-state index is -0.136. The maximum absolute atomic E-state index is 6.66. The Morgan fingerprint density at radius 1 is 0.842 bits per heavy atom. The first-order chi connectivity index (χ1) is 9.25. The van der Waals surface area contributed by atoms with Gasteiger partial charge in [0.15, 0.2) is 0 Å². The molecule has 0 aliphatic heterocycles. The molecule has 94 valence electrons. The minimum absolute atomic E-state index is 0.136. The summed E-state index contributed by atoms with van der Waals surface area (Å²) in [5.74, 6) is 0. The molecular formula is C17H12BrCl. The summed E-state index contributed by atoms with van der Waals surface area (Å²) in [6, 6.07) is 22.8. The summed E-state index contributed by atoms with van der Waals surface area (Å²) in [7, 11) is 0. The summed E-state index contributed by atoms with van der Waals surface area (Å²) in [5, 5.41) is 2.30. The van der Waals surface area contributed by atoms with Crippen molar-refractivity contribution >= 4 is 38.3 Å². The largest absolute Gasteiger partial charge is 0.113 e. The molecule has 0 aliphatic rings. The van der Waals surface area contributed by atoms with Gasteiger partial charge < -0.3 is 0 Å². The van der Waals surface area contributed by atoms with Crippen LogP contribution in [0.2, 0.25) is 0 Å². The fourth-order valence-electron chi connectivity index (χ4n) is 2.32. The van der Waals surface area contributed by atoms with Crippen molar-refractivity contribution in [2.75, 3.05) is 0 Å². The quantitative estimate of drug-likeness (QED) is 0.510. The number of alkyl halides is 1. The molecule has 0 spiro atoms. The van der Waals surface area contributed by atoms with Crippen molar-refractivity contribution in [3.05, 3.63) is 82.3 Å². The first-order valence-corrected chi connectivity index (χ1v) is 7.36. The maximum Gasteiger partial charge on any atom is 0.0841 e. The third-order valence-corrected chi connectivity index (χ3v) is 4.22. The molecule has 0 aliphatic carbocycles. The van der Waals surface area contributed by atoms with Gasteiger partial charge in [-0.3, -0.25) is 0 Å². The lowest BCUT2D eigenvalue weighted by atomic mass is 9.98. The number of rotatable bonds is 2. The zero-order valence-corrected chi connectivity index (χ0v) is 12.5. The molecule has 0 amide bonds. The standard InChI is InChI=1S/C17H12BrCl/c18-14-8-3-7-13(11-14)17(19)16-10-4-6-12-5-1-2-9-15(12)16/h1-11,17H. The second kappa shape index (κ2) is 5.36. The molecule has 19 heavy (non-hydrogen) atoms. The van der Waals surface area contributed by atoms with Crippen molar-refractivity contribution in [3.63, 3.8) is 0 Å². The molecule has 1 unspecified atom stereocenters. The van der Waals surface area contributed by atoms with Gasteiger partial charge in [-0.1, -0.05) is 70.5 Å². The molecule has 3 rings (SSSR count). The van der Waals surface area contributed by atoms with E-state index in [1.807, 2.05) is 12.1 Å². The second-order valence-corrected chi connectivity index (χ2v) is 5.84. The van der Waals surface area contributed by atoms with Gasteiger partial charge in [-0.25, -0.2) is 0 Å². The zero-order valence-electron chi connectivity index (χ0n) is 10.2. The monoisotopic (exact) mass is 330 g/mol. The highest BCUT2D eigenvalue weighted by Gasteiger charge is 2.13. The smallest absolute Gasteiger partial charge is 0.0841 e. The molecule has 0 nitrogen and oxygen atoms in total. The Bertz CT molecular complexity index is 716. The third-order valence-electron chi connectivity index (χ3n) is 3.24. The van der Waals surface area contributed by atoms with E-state index in [2.05, 4.69) is 70.5 Å². The summed E-state index contributed by atoms with van der Waals surface area (Å²) in [6.07, 6.45) is 0. The summed E-state index contributed by atoms with van der Waals surface area (Å²) in [6.45, 7) is 0. The van der Waals surface area contributed by atoms with E-state index in [1.54, 1.807) is 0 Å². The Morgan fingerprint density at radius 3 is 2.42 bits per heavy atom. The van der Waals surface area contributed by atoms with Gasteiger partial charge in [0.2, 0.25) is 0 Å². The normalized spacial score (nSPS) is 12.5. The third kappa shape index (κ3) is 2.54. The van der Waals surface area contributed by atoms with Gasteiger partial charge in [0, 0.05) is 4.47 Å². The van der Waals surface area contributed by atoms with Crippen LogP contribution in [0.25, 0.3) is 10.8 Å². The van der Waals surface area contributed by atoms with Crippen LogP contribution < -0.4 is 0 Å². The van der Waals surface area contributed by atoms with Crippen LogP contribution in [-0.2, 0) is 0 Å². The maximum atomic E-state index is 6.66. The highest BCUT2D eigenvalue weighted by Crippen LogP contribution is 2.34. The van der Waals surface area contributed by atoms with Crippen molar-refractivity contribution in [1.82, 2.24) is 0 Å². The van der Waals surface area contributed by atoms with E-state index >= 15 is 0 Å². The Hall–Kier alpha value is -1.31. The lowest BCUT2D eigenvalue weighted by Gasteiger charge is -2.13. The topological polar surface area (TPSA) is 0 Å². The van der Waals surface area contributed by atoms with Gasteiger partial charge in [0.05, 0.1) is 5.38 Å². The van der Waals surface area contributed by atoms with E-state index in [9.17, 15) is 0 Å². The van der Waals surface area contributed by atoms with Crippen LogP contribution in [0.4, 0.5) is 0 Å². The molecule has 0 radical (unpaired) electrons. The SMILES string of the molecule is ClC(c1cccc(Br)c1)c1cccc2ccccc12. The van der Waals surface area contributed by atoms with E-state index in [4.69, 9.17) is 11.6 Å². The first kappa shape index (κ1) is 12.7. The number of hydrogen-bond acceptors (Lipinski definition) is 0. The predicted molar refractivity (Wildman–Crippen MR) is 85.8 cm³/mol. The summed E-state index contributed by atoms with van der Waals surface area (Å²) in [5.41, 5.74) is 2.25. The molecule has 3 aromatic carbocycles. The number of fused-ring (bicyclic) bond motifs is 1. The fraction of sp³-hybridized carbons (Fsp3) is 0.0588. The zero-order chi connectivity index (χ0) is 13.2. The highest BCUT2D eigenvalue weighted by atomic mass is 79.9. The molecule has 0 saturated heterocycles. The summed E-state index contributed by atoms with van der Waals surface area (Å²) < 4.78 is 1.05. The predicted octanol–water partition coefficient (Wildman–Crippen LogP) is 5.93. The molecule has 0 bridgehead atoms. The van der Waals surface area contributed by atoms with E-state index in [1.165, 1.54) is 10.8 Å². The van der Waals surface area contributed by atoms with Crippen molar-refractivity contribution in [3.8, 4) is 0 Å². The van der Waals surface area contributed by atoms with Gasteiger partial charge in [-0.05, 0) is 34.0 Å². The average molecular weight is 332 g/mol. The number of benzene rings is 3. The molecule has 3 aromatic rings. The van der Waals surface area contributed by atoms with E-state index in [0.717, 1.165) is 15.6 Å². The Labute approximate surface area is 126 Å². The van der Waals surface area contributed by atoms with E-state index < -0.39 is 0 Å². The molecule has 0 aromatic heterocycles. The van der Waals surface area contributed by atoms with Crippen LogP contribution >= 0.6 is 27.5 Å². The fourth-order valence-corrected chi connectivity index (χ4v) is 3.06. The van der Waals surface area contributed by atoms with Crippen LogP contribution in [0.3, 0.4) is 0 Å². The lowest BCUT2D eigenvalue weighted by molar-refractivity contribution is 1.16. The van der Waals surface area contributed by atoms with Crippen molar-refractivity contribution in [2.24, 2.45) is 0 Å². The number of hydrogen-bond donors (Lipinski definition) is 0. The average Bonchev–Trinajstić information content (AvgIpc) is 2.46. The molecule has 0 saturated carbocycles. The highest BCUT2D eigenvalue weighted by molar-refractivity contribution is 9.10. The van der Waals surface area contributed by atoms with Gasteiger partial charge in [-0.2, -0.15) is 0 Å².